The van der Waals surface area contributed by atoms with Gasteiger partial charge in [0.05, 0.1) is 28.6 Å². The highest BCUT2D eigenvalue weighted by atomic mass is 15.2. The van der Waals surface area contributed by atoms with Crippen LogP contribution in [0, 0.1) is 0 Å². The molecule has 0 atom stereocenters. The second-order valence-electron chi connectivity index (χ2n) is 9.33. The topological polar surface area (TPSA) is 89.6 Å². The monoisotopic (exact) mass is 452 g/mol. The van der Waals surface area contributed by atoms with Crippen molar-refractivity contribution in [3.05, 3.63) is 54.6 Å². The van der Waals surface area contributed by atoms with E-state index in [1.54, 1.807) is 0 Å². The van der Waals surface area contributed by atoms with Crippen LogP contribution in [0.4, 0.5) is 5.82 Å². The fourth-order valence-corrected chi connectivity index (χ4v) is 4.88. The number of nitrogens with zero attached hydrogens (tertiary/aromatic N) is 6. The Balaban J connectivity index is 1.41. The Morgan fingerprint density at radius 3 is 2.68 bits per heavy atom. The first kappa shape index (κ1) is 20.8. The maximum Gasteiger partial charge on any atom is 0.137 e. The van der Waals surface area contributed by atoms with Gasteiger partial charge in [0, 0.05) is 54.6 Å². The molecule has 6 rings (SSSR count). The molecular weight excluding hydrogens is 424 g/mol. The number of hydrogen-bond acceptors (Lipinski definition) is 6. The standard InChI is InChI=1S/C26H28N8/c1-33(2)16-17-10-18(14-27-13-17)22-11-19-24(15-29-22)31-32-25(19)23-12-20-21(30-23)6-7-28-26(20)34-8-4-3-5-9-34/h6-7,10-15,30H,3-5,8-9,16H2,1-2H3,(H,31,32). The quantitative estimate of drug-likeness (QED) is 0.405. The Morgan fingerprint density at radius 2 is 1.82 bits per heavy atom. The first-order valence-electron chi connectivity index (χ1n) is 11.8. The minimum atomic E-state index is 0.836. The lowest BCUT2D eigenvalue weighted by molar-refractivity contribution is 0.402. The Labute approximate surface area is 198 Å². The van der Waals surface area contributed by atoms with E-state index in [4.69, 9.17) is 4.98 Å². The van der Waals surface area contributed by atoms with Crippen LogP contribution in [0.15, 0.2) is 49.1 Å². The van der Waals surface area contributed by atoms with Crippen molar-refractivity contribution in [3.8, 4) is 22.6 Å². The van der Waals surface area contributed by atoms with Gasteiger partial charge in [-0.25, -0.2) is 4.98 Å². The third kappa shape index (κ3) is 3.80. The van der Waals surface area contributed by atoms with E-state index < -0.39 is 0 Å². The molecule has 2 N–H and O–H groups in total. The molecule has 6 heterocycles. The lowest BCUT2D eigenvalue weighted by Gasteiger charge is -2.28. The molecular formula is C26H28N8. The van der Waals surface area contributed by atoms with Gasteiger partial charge in [-0.15, -0.1) is 0 Å². The van der Waals surface area contributed by atoms with E-state index in [-0.39, 0.29) is 0 Å². The predicted molar refractivity (Wildman–Crippen MR) is 136 cm³/mol. The molecule has 34 heavy (non-hydrogen) atoms. The zero-order chi connectivity index (χ0) is 23.1. The summed E-state index contributed by atoms with van der Waals surface area (Å²) < 4.78 is 0. The van der Waals surface area contributed by atoms with Gasteiger partial charge in [0.1, 0.15) is 11.5 Å². The molecule has 0 unspecified atom stereocenters. The Bertz CT molecular complexity index is 1460. The van der Waals surface area contributed by atoms with E-state index in [0.29, 0.717) is 0 Å². The zero-order valence-electron chi connectivity index (χ0n) is 19.5. The summed E-state index contributed by atoms with van der Waals surface area (Å²) in [6.45, 7) is 2.96. The van der Waals surface area contributed by atoms with Crippen molar-refractivity contribution in [2.24, 2.45) is 0 Å². The summed E-state index contributed by atoms with van der Waals surface area (Å²) in [5.41, 5.74) is 6.89. The van der Waals surface area contributed by atoms with Crippen molar-refractivity contribution >= 4 is 27.6 Å². The van der Waals surface area contributed by atoms with E-state index in [1.165, 1.54) is 19.3 Å². The van der Waals surface area contributed by atoms with E-state index in [1.807, 2.05) is 30.9 Å². The average Bonchev–Trinajstić information content (AvgIpc) is 3.48. The Morgan fingerprint density at radius 1 is 0.941 bits per heavy atom. The van der Waals surface area contributed by atoms with E-state index in [2.05, 4.69) is 67.2 Å². The minimum absolute atomic E-state index is 0.836. The van der Waals surface area contributed by atoms with Crippen LogP contribution in [0.2, 0.25) is 0 Å². The number of rotatable bonds is 5. The van der Waals surface area contributed by atoms with E-state index >= 15 is 0 Å². The highest BCUT2D eigenvalue weighted by Crippen LogP contribution is 2.34. The van der Waals surface area contributed by atoms with Gasteiger partial charge >= 0.3 is 0 Å². The molecule has 0 saturated carbocycles. The molecule has 1 fully saturated rings. The number of H-pyrrole nitrogens is 2. The summed E-state index contributed by atoms with van der Waals surface area (Å²) in [7, 11) is 4.11. The van der Waals surface area contributed by atoms with Crippen molar-refractivity contribution in [3.63, 3.8) is 0 Å². The molecule has 1 saturated heterocycles. The highest BCUT2D eigenvalue weighted by Gasteiger charge is 2.18. The fourth-order valence-electron chi connectivity index (χ4n) is 4.88. The van der Waals surface area contributed by atoms with Gasteiger partial charge in [0.15, 0.2) is 0 Å². The molecule has 0 amide bonds. The van der Waals surface area contributed by atoms with Gasteiger partial charge in [-0.3, -0.25) is 15.1 Å². The number of hydrogen-bond donors (Lipinski definition) is 2. The normalized spacial score (nSPS) is 14.5. The predicted octanol–water partition coefficient (Wildman–Crippen LogP) is 4.62. The molecule has 0 aromatic carbocycles. The van der Waals surface area contributed by atoms with Crippen molar-refractivity contribution in [2.45, 2.75) is 25.8 Å². The van der Waals surface area contributed by atoms with Crippen LogP contribution in [-0.4, -0.2) is 62.2 Å². The van der Waals surface area contributed by atoms with Gasteiger partial charge in [0.25, 0.3) is 0 Å². The molecule has 0 spiro atoms. The zero-order valence-corrected chi connectivity index (χ0v) is 19.5. The largest absolute Gasteiger partial charge is 0.356 e. The number of anilines is 1. The van der Waals surface area contributed by atoms with E-state index in [0.717, 1.165) is 75.5 Å². The van der Waals surface area contributed by atoms with E-state index in [9.17, 15) is 0 Å². The molecule has 1 aliphatic heterocycles. The molecule has 0 radical (unpaired) electrons. The first-order chi connectivity index (χ1) is 16.7. The summed E-state index contributed by atoms with van der Waals surface area (Å²) in [6, 6.07) is 8.47. The average molecular weight is 453 g/mol. The number of aromatic amines is 2. The van der Waals surface area contributed by atoms with Crippen molar-refractivity contribution in [2.75, 3.05) is 32.1 Å². The number of pyridine rings is 3. The molecule has 5 aromatic rings. The molecule has 172 valence electrons. The number of piperidine rings is 1. The van der Waals surface area contributed by atoms with Gasteiger partial charge in [-0.05, 0) is 63.2 Å². The lowest BCUT2D eigenvalue weighted by Crippen LogP contribution is -2.30. The van der Waals surface area contributed by atoms with Gasteiger partial charge in [-0.2, -0.15) is 5.10 Å². The summed E-state index contributed by atoms with van der Waals surface area (Å²) in [5, 5.41) is 9.96. The smallest absolute Gasteiger partial charge is 0.137 e. The van der Waals surface area contributed by atoms with Crippen molar-refractivity contribution in [1.29, 1.82) is 0 Å². The number of nitrogens with one attached hydrogen (secondary N) is 2. The molecule has 8 heteroatoms. The number of aromatic nitrogens is 6. The Kier molecular flexibility index (Phi) is 5.22. The van der Waals surface area contributed by atoms with Gasteiger partial charge < -0.3 is 14.8 Å². The van der Waals surface area contributed by atoms with Crippen LogP contribution < -0.4 is 4.90 Å². The van der Waals surface area contributed by atoms with Gasteiger partial charge in [0.2, 0.25) is 0 Å². The second kappa shape index (κ2) is 8.53. The van der Waals surface area contributed by atoms with Crippen LogP contribution in [0.5, 0.6) is 0 Å². The van der Waals surface area contributed by atoms with Crippen LogP contribution in [0.3, 0.4) is 0 Å². The van der Waals surface area contributed by atoms with Crippen LogP contribution in [-0.2, 0) is 6.54 Å². The maximum atomic E-state index is 4.73. The number of fused-ring (bicyclic) bond motifs is 2. The SMILES string of the molecule is CN(C)Cc1cncc(-c2cc3c(-c4cc5c(N6CCCCC6)nccc5[nH]4)n[nH]c3cn2)c1. The van der Waals surface area contributed by atoms with Gasteiger partial charge in [-0.1, -0.05) is 0 Å². The van der Waals surface area contributed by atoms with Crippen molar-refractivity contribution < 1.29 is 0 Å². The minimum Gasteiger partial charge on any atom is -0.356 e. The fraction of sp³-hybridized carbons (Fsp3) is 0.308. The summed E-state index contributed by atoms with van der Waals surface area (Å²) >= 11 is 0. The third-order valence-electron chi connectivity index (χ3n) is 6.47. The van der Waals surface area contributed by atoms with Crippen molar-refractivity contribution in [1.82, 2.24) is 35.0 Å². The molecule has 8 nitrogen and oxygen atoms in total. The third-order valence-corrected chi connectivity index (χ3v) is 6.47. The summed E-state index contributed by atoms with van der Waals surface area (Å²) in [4.78, 5) is 21.9. The van der Waals surface area contributed by atoms with Crippen LogP contribution in [0.1, 0.15) is 24.8 Å². The summed E-state index contributed by atoms with van der Waals surface area (Å²) in [6.07, 6.45) is 11.3. The first-order valence-corrected chi connectivity index (χ1v) is 11.8. The maximum absolute atomic E-state index is 4.73. The Hall–Kier alpha value is -3.78. The summed E-state index contributed by atoms with van der Waals surface area (Å²) in [5.74, 6) is 1.06. The van der Waals surface area contributed by atoms with Crippen LogP contribution in [0.25, 0.3) is 44.5 Å². The molecule has 1 aliphatic rings. The molecule has 5 aromatic heterocycles. The molecule has 0 aliphatic carbocycles. The lowest BCUT2D eigenvalue weighted by atomic mass is 10.1. The second-order valence-corrected chi connectivity index (χ2v) is 9.33. The molecule has 0 bridgehead atoms. The van der Waals surface area contributed by atoms with Crippen LogP contribution >= 0.6 is 0 Å². The highest BCUT2D eigenvalue weighted by molar-refractivity contribution is 5.99.